The zero-order valence-corrected chi connectivity index (χ0v) is 36.3. The van der Waals surface area contributed by atoms with E-state index < -0.39 is 160 Å². The van der Waals surface area contributed by atoms with Gasteiger partial charge in [-0.3, -0.25) is 38.5 Å². The first kappa shape index (κ1) is 54.2. The minimum Gasteiger partial charge on any atom is -0.481 e. The van der Waals surface area contributed by atoms with Gasteiger partial charge in [0, 0.05) is 44.2 Å². The molecule has 15 N–H and O–H groups in total. The number of aromatic nitrogens is 2. The lowest BCUT2D eigenvalue weighted by atomic mass is 9.91. The molecule has 0 fully saturated rings. The number of aliphatic carboxylic acids is 6. The number of nitrogens with zero attached hydrogens (tertiary/aromatic N) is 1. The molecule has 2 aromatic rings. The predicted octanol–water partition coefficient (Wildman–Crippen LogP) is -1.98. The summed E-state index contributed by atoms with van der Waals surface area (Å²) < 4.78 is 0. The molecule has 2 heterocycles. The monoisotopic (exact) mass is 959 g/mol. The topological polar surface area (TPSA) is 453 Å². The number of amides is 5. The number of hydrogen-bond acceptors (Lipinski definition) is 15. The molecule has 0 spiro atoms. The third kappa shape index (κ3) is 18.4. The van der Waals surface area contributed by atoms with Crippen LogP contribution in [0.3, 0.4) is 0 Å². The quantitative estimate of drug-likeness (QED) is 0.0420. The summed E-state index contributed by atoms with van der Waals surface area (Å²) in [7, 11) is 0. The van der Waals surface area contributed by atoms with E-state index in [2.05, 4.69) is 41.9 Å². The highest BCUT2D eigenvalue weighted by Crippen LogP contribution is 2.23. The Labute approximate surface area is 385 Å². The van der Waals surface area contributed by atoms with E-state index in [0.29, 0.717) is 37.2 Å². The summed E-state index contributed by atoms with van der Waals surface area (Å²) in [5.41, 5.74) is 6.81. The van der Waals surface area contributed by atoms with Crippen LogP contribution in [0.15, 0.2) is 29.1 Å². The van der Waals surface area contributed by atoms with Crippen LogP contribution in [0.25, 0.3) is 0 Å². The average molecular weight is 960 g/mol. The molecule has 3 rings (SSSR count). The molecule has 5 amide bonds. The lowest BCUT2D eigenvalue weighted by Crippen LogP contribution is -2.46. The van der Waals surface area contributed by atoms with Gasteiger partial charge >= 0.3 is 35.8 Å². The first-order valence-electron chi connectivity index (χ1n) is 21.1. The molecule has 1 aliphatic rings. The van der Waals surface area contributed by atoms with Gasteiger partial charge in [-0.1, -0.05) is 12.1 Å². The van der Waals surface area contributed by atoms with Gasteiger partial charge in [0.1, 0.15) is 36.0 Å². The van der Waals surface area contributed by atoms with Crippen LogP contribution in [0.5, 0.6) is 0 Å². The number of carboxylic acid groups (broad SMARTS) is 6. The lowest BCUT2D eigenvalue weighted by Gasteiger charge is -2.24. The van der Waals surface area contributed by atoms with Crippen molar-refractivity contribution in [3.8, 4) is 0 Å². The molecule has 0 saturated heterocycles. The van der Waals surface area contributed by atoms with Gasteiger partial charge in [0.05, 0.1) is 5.56 Å². The first-order valence-corrected chi connectivity index (χ1v) is 21.1. The number of anilines is 2. The molecule has 0 saturated carbocycles. The van der Waals surface area contributed by atoms with Crippen molar-refractivity contribution >= 4 is 77.1 Å². The third-order valence-corrected chi connectivity index (χ3v) is 10.6. The van der Waals surface area contributed by atoms with E-state index >= 15 is 0 Å². The molecule has 1 aromatic heterocycles. The van der Waals surface area contributed by atoms with Crippen LogP contribution in [0.2, 0.25) is 0 Å². The van der Waals surface area contributed by atoms with Crippen molar-refractivity contribution in [1.82, 2.24) is 36.6 Å². The molecule has 0 bridgehead atoms. The predicted molar refractivity (Wildman–Crippen MR) is 231 cm³/mol. The summed E-state index contributed by atoms with van der Waals surface area (Å²) in [6.07, 6.45) is -3.83. The van der Waals surface area contributed by atoms with Gasteiger partial charge < -0.3 is 68.3 Å². The number of aryl methyl sites for hydroxylation is 1. The van der Waals surface area contributed by atoms with E-state index in [4.69, 9.17) is 10.8 Å². The molecular formula is C41H53N9O18. The zero-order valence-electron chi connectivity index (χ0n) is 36.3. The number of nitrogen functional groups attached to an aromatic ring is 1. The van der Waals surface area contributed by atoms with Gasteiger partial charge in [0.15, 0.2) is 0 Å². The molecule has 370 valence electrons. The summed E-state index contributed by atoms with van der Waals surface area (Å²) in [5, 5.41) is 70.2. The highest BCUT2D eigenvalue weighted by atomic mass is 16.4. The molecule has 0 unspecified atom stereocenters. The molecule has 68 heavy (non-hydrogen) atoms. The van der Waals surface area contributed by atoms with Crippen molar-refractivity contribution < 1.29 is 83.4 Å². The number of benzene rings is 1. The second-order valence-electron chi connectivity index (χ2n) is 15.7. The second kappa shape index (κ2) is 26.1. The van der Waals surface area contributed by atoms with Crippen molar-refractivity contribution in [2.75, 3.05) is 17.6 Å². The van der Waals surface area contributed by atoms with Gasteiger partial charge in [0.25, 0.3) is 11.5 Å². The van der Waals surface area contributed by atoms with Gasteiger partial charge in [-0.15, -0.1) is 0 Å². The van der Waals surface area contributed by atoms with Crippen molar-refractivity contribution in [2.45, 2.75) is 114 Å². The van der Waals surface area contributed by atoms with Crippen LogP contribution >= 0.6 is 0 Å². The largest absolute Gasteiger partial charge is 0.481 e. The Kier molecular flexibility index (Phi) is 20.8. The number of H-pyrrole nitrogens is 1. The SMILES string of the molecule is Nc1nc2c(c(=O)[nH]1)C[C@@H](CCc1ccc(C(=O)N[C@@H](CCC(=O)N[C@@H](CCC(=O)N[C@@H](CCC(=O)N[C@@H](CCC(=O)N[C@@H](CCC(=O)O)C(=O)O)C(=O)O)C(=O)O)C(=O)O)C(=O)O)cc1)CN2. The molecule has 0 aliphatic carbocycles. The van der Waals surface area contributed by atoms with Gasteiger partial charge in [-0.2, -0.15) is 4.98 Å². The highest BCUT2D eigenvalue weighted by molar-refractivity contribution is 5.97. The molecule has 1 aliphatic heterocycles. The van der Waals surface area contributed by atoms with Crippen LogP contribution < -0.4 is 43.2 Å². The second-order valence-corrected chi connectivity index (χ2v) is 15.7. The summed E-state index contributed by atoms with van der Waals surface area (Å²) in [6, 6.07) is -1.87. The number of nitrogens with one attached hydrogen (secondary N) is 7. The smallest absolute Gasteiger partial charge is 0.326 e. The Bertz CT molecular complexity index is 2290. The molecular weight excluding hydrogens is 906 g/mol. The van der Waals surface area contributed by atoms with Crippen molar-refractivity contribution in [3.63, 3.8) is 0 Å². The van der Waals surface area contributed by atoms with Crippen LogP contribution in [0.1, 0.15) is 92.1 Å². The Balaban J connectivity index is 1.43. The van der Waals surface area contributed by atoms with E-state index in [1.807, 2.05) is 0 Å². The number of carboxylic acids is 6. The highest BCUT2D eigenvalue weighted by Gasteiger charge is 2.29. The van der Waals surface area contributed by atoms with E-state index in [1.54, 1.807) is 12.1 Å². The van der Waals surface area contributed by atoms with Crippen molar-refractivity contribution in [2.24, 2.45) is 5.92 Å². The maximum absolute atomic E-state index is 12.9. The molecule has 27 heteroatoms. The standard InChI is InChI=1S/C41H53N9O18/c42-41-49-33-22(35(58)50-41)17-20(18-43-33)2-1-19-3-5-21(6-4-19)34(57)48-27(40(67)68)10-15-31(54)46-25(38(63)64)8-13-29(52)44-23(36(59)60)7-12-28(51)45-24(37(61)62)9-14-30(53)47-26(39(65)66)11-16-32(55)56/h3-6,20,23-27H,1-2,7-18H2,(H,44,52)(H,45,51)(H,46,54)(H,47,53)(H,48,57)(H,55,56)(H,59,60)(H,61,62)(H,63,64)(H,65,66)(H,67,68)(H4,42,43,49,50,58)/t20-,23+,24+,25+,26+,27+/m1/s1. The van der Waals surface area contributed by atoms with Crippen LogP contribution in [0, 0.1) is 5.92 Å². The molecule has 0 radical (unpaired) electrons. The number of carbonyl (C=O) groups excluding carboxylic acids is 5. The van der Waals surface area contributed by atoms with E-state index in [-0.39, 0.29) is 23.0 Å². The van der Waals surface area contributed by atoms with E-state index in [0.717, 1.165) is 5.56 Å². The Morgan fingerprint density at radius 2 is 0.971 bits per heavy atom. The maximum atomic E-state index is 12.9. The molecule has 6 atom stereocenters. The number of nitrogens with two attached hydrogens (primary N) is 1. The maximum Gasteiger partial charge on any atom is 0.326 e. The van der Waals surface area contributed by atoms with E-state index in [9.17, 15) is 83.1 Å². The first-order chi connectivity index (χ1) is 32.0. The van der Waals surface area contributed by atoms with Gasteiger partial charge in [-0.05, 0) is 75.0 Å². The summed E-state index contributed by atoms with van der Waals surface area (Å²) >= 11 is 0. The average Bonchev–Trinajstić information content (AvgIpc) is 3.26. The molecule has 27 nitrogen and oxygen atoms in total. The minimum absolute atomic E-state index is 0.0177. The van der Waals surface area contributed by atoms with Crippen LogP contribution in [0.4, 0.5) is 11.8 Å². The Morgan fingerprint density at radius 1 is 0.588 bits per heavy atom. The number of hydrogen-bond donors (Lipinski definition) is 14. The summed E-state index contributed by atoms with van der Waals surface area (Å²) in [4.78, 5) is 151. The van der Waals surface area contributed by atoms with Crippen molar-refractivity contribution in [3.05, 3.63) is 51.3 Å². The normalized spacial score (nSPS) is 15.0. The van der Waals surface area contributed by atoms with Gasteiger partial charge in [-0.25, -0.2) is 24.0 Å². The number of carbonyl (C=O) groups is 11. The number of aromatic amines is 1. The fourth-order valence-corrected chi connectivity index (χ4v) is 6.81. The molecule has 1 aromatic carbocycles. The lowest BCUT2D eigenvalue weighted by molar-refractivity contribution is -0.144. The number of rotatable bonds is 29. The number of fused-ring (bicyclic) bond motifs is 1. The fraction of sp³-hybridized carbons (Fsp3) is 0.488. The third-order valence-electron chi connectivity index (χ3n) is 10.6. The zero-order chi connectivity index (χ0) is 50.7. The van der Waals surface area contributed by atoms with Crippen LogP contribution in [-0.4, -0.2) is 143 Å². The van der Waals surface area contributed by atoms with Crippen molar-refractivity contribution in [1.29, 1.82) is 0 Å². The van der Waals surface area contributed by atoms with Crippen LogP contribution in [-0.2, 0) is 60.8 Å². The van der Waals surface area contributed by atoms with Gasteiger partial charge in [0.2, 0.25) is 29.6 Å². The minimum atomic E-state index is -1.73. The summed E-state index contributed by atoms with van der Waals surface area (Å²) in [5.74, 6) is -13.2. The summed E-state index contributed by atoms with van der Waals surface area (Å²) in [6.45, 7) is 0.578. The Hall–Kier alpha value is -8.13. The van der Waals surface area contributed by atoms with E-state index in [1.165, 1.54) is 12.1 Å². The fourth-order valence-electron chi connectivity index (χ4n) is 6.81. The Morgan fingerprint density at radius 3 is 1.35 bits per heavy atom.